The average Bonchev–Trinajstić information content (AvgIpc) is 2.79. The first kappa shape index (κ1) is 11.4. The van der Waals surface area contributed by atoms with Crippen molar-refractivity contribution in [2.24, 2.45) is 0 Å². The molecule has 6 nitrogen and oxygen atoms in total. The molecule has 0 saturated carbocycles. The van der Waals surface area contributed by atoms with Crippen molar-refractivity contribution in [2.45, 2.75) is 0 Å². The summed E-state index contributed by atoms with van der Waals surface area (Å²) in [7, 11) is 0. The van der Waals surface area contributed by atoms with Gasteiger partial charge in [-0.15, -0.1) is 0 Å². The van der Waals surface area contributed by atoms with Gasteiger partial charge in [-0.2, -0.15) is 19.7 Å². The molecule has 8 heteroatoms. The van der Waals surface area contributed by atoms with Crippen LogP contribution in [0, 0.1) is 0 Å². The normalized spacial score (nSPS) is 11.0. The number of anilines is 1. The summed E-state index contributed by atoms with van der Waals surface area (Å²) < 4.78 is 2.01. The Morgan fingerprint density at radius 3 is 2.94 bits per heavy atom. The van der Waals surface area contributed by atoms with Crippen molar-refractivity contribution in [1.29, 1.82) is 0 Å². The molecule has 0 saturated heterocycles. The lowest BCUT2D eigenvalue weighted by Crippen LogP contribution is -2.06. The molecule has 0 radical (unpaired) electrons. The minimum atomic E-state index is 0.241. The van der Waals surface area contributed by atoms with Gasteiger partial charge in [0.15, 0.2) is 5.15 Å². The molecule has 18 heavy (non-hydrogen) atoms. The number of fused-ring (bicyclic) bond motifs is 1. The van der Waals surface area contributed by atoms with E-state index in [1.165, 1.54) is 4.68 Å². The number of pyridine rings is 1. The van der Waals surface area contributed by atoms with Gasteiger partial charge in [0.05, 0.1) is 16.2 Å². The zero-order chi connectivity index (χ0) is 12.7. The number of nitrogens with zero attached hydrogens (tertiary/aromatic N) is 5. The number of aromatic nitrogens is 5. The molecule has 0 atom stereocenters. The fraction of sp³-hybridized carbons (Fsp3) is 0. The fourth-order valence-electron chi connectivity index (χ4n) is 1.54. The van der Waals surface area contributed by atoms with Crippen LogP contribution in [0.4, 0.5) is 5.82 Å². The molecule has 3 aromatic heterocycles. The molecule has 3 heterocycles. The summed E-state index contributed by atoms with van der Waals surface area (Å²) in [5.74, 6) is 0.571. The highest BCUT2D eigenvalue weighted by atomic mass is 79.9. The van der Waals surface area contributed by atoms with E-state index in [1.807, 2.05) is 12.1 Å². The molecule has 0 fully saturated rings. The molecule has 0 aromatic carbocycles. The molecular weight excluding hydrogens is 320 g/mol. The highest BCUT2D eigenvalue weighted by Crippen LogP contribution is 2.26. The second-order valence-corrected chi connectivity index (χ2v) is 4.63. The minimum absolute atomic E-state index is 0.241. The Labute approximate surface area is 115 Å². The molecule has 0 aliphatic rings. The van der Waals surface area contributed by atoms with Crippen molar-refractivity contribution in [2.75, 3.05) is 5.73 Å². The Morgan fingerprint density at radius 1 is 1.33 bits per heavy atom. The lowest BCUT2D eigenvalue weighted by Gasteiger charge is -2.05. The summed E-state index contributed by atoms with van der Waals surface area (Å²) in [6.07, 6.45) is 3.32. The number of rotatable bonds is 1. The van der Waals surface area contributed by atoms with E-state index >= 15 is 0 Å². The molecule has 0 aliphatic carbocycles. The van der Waals surface area contributed by atoms with Crippen LogP contribution in [0.5, 0.6) is 0 Å². The summed E-state index contributed by atoms with van der Waals surface area (Å²) in [5.41, 5.74) is 7.27. The molecule has 90 valence electrons. The van der Waals surface area contributed by atoms with Crippen molar-refractivity contribution in [3.63, 3.8) is 0 Å². The van der Waals surface area contributed by atoms with Gasteiger partial charge in [-0.1, -0.05) is 11.6 Å². The molecular formula is C10H6BrClN6. The van der Waals surface area contributed by atoms with Gasteiger partial charge >= 0.3 is 0 Å². The summed E-state index contributed by atoms with van der Waals surface area (Å²) >= 11 is 9.15. The van der Waals surface area contributed by atoms with E-state index in [0.29, 0.717) is 10.4 Å². The van der Waals surface area contributed by atoms with Crippen LogP contribution in [0.1, 0.15) is 0 Å². The lowest BCUT2D eigenvalue weighted by molar-refractivity contribution is 0.834. The molecule has 0 spiro atoms. The number of hydrogen-bond donors (Lipinski definition) is 1. The van der Waals surface area contributed by atoms with Crippen molar-refractivity contribution in [3.8, 4) is 5.95 Å². The summed E-state index contributed by atoms with van der Waals surface area (Å²) in [6.45, 7) is 0. The highest BCUT2D eigenvalue weighted by Gasteiger charge is 2.12. The van der Waals surface area contributed by atoms with Gasteiger partial charge in [-0.3, -0.25) is 4.98 Å². The van der Waals surface area contributed by atoms with Gasteiger partial charge in [-0.05, 0) is 28.1 Å². The summed E-state index contributed by atoms with van der Waals surface area (Å²) in [4.78, 5) is 12.4. The Kier molecular flexibility index (Phi) is 2.64. The predicted octanol–water partition coefficient (Wildman–Crippen LogP) is 2.21. The van der Waals surface area contributed by atoms with E-state index in [4.69, 9.17) is 17.3 Å². The summed E-state index contributed by atoms with van der Waals surface area (Å²) in [5, 5.41) is 4.42. The third-order valence-corrected chi connectivity index (χ3v) is 3.64. The van der Waals surface area contributed by atoms with E-state index < -0.39 is 0 Å². The number of nitrogens with two attached hydrogens (primary N) is 1. The SMILES string of the molecule is Nc1nc(-n2ncc3ncccc32)nc(Cl)c1Br. The van der Waals surface area contributed by atoms with Crippen LogP contribution >= 0.6 is 27.5 Å². The Morgan fingerprint density at radius 2 is 2.17 bits per heavy atom. The van der Waals surface area contributed by atoms with Crippen molar-refractivity contribution in [1.82, 2.24) is 24.7 Å². The van der Waals surface area contributed by atoms with Crippen molar-refractivity contribution in [3.05, 3.63) is 34.2 Å². The fourth-order valence-corrected chi connectivity index (χ4v) is 1.89. The average molecular weight is 326 g/mol. The maximum absolute atomic E-state index is 5.95. The van der Waals surface area contributed by atoms with Gasteiger partial charge in [0.1, 0.15) is 11.3 Å². The second kappa shape index (κ2) is 4.18. The number of halogens is 2. The van der Waals surface area contributed by atoms with Crippen LogP contribution in [-0.4, -0.2) is 24.7 Å². The van der Waals surface area contributed by atoms with Gasteiger partial charge in [-0.25, -0.2) is 0 Å². The van der Waals surface area contributed by atoms with E-state index in [-0.39, 0.29) is 11.0 Å². The van der Waals surface area contributed by atoms with Crippen LogP contribution in [0.25, 0.3) is 17.0 Å². The standard InChI is InChI=1S/C10H6BrClN6/c11-7-8(12)16-10(17-9(7)13)18-6-2-1-3-14-5(6)4-15-18/h1-4H,(H2,13,16,17). The minimum Gasteiger partial charge on any atom is -0.383 e. The van der Waals surface area contributed by atoms with Gasteiger partial charge in [0.25, 0.3) is 5.95 Å². The largest absolute Gasteiger partial charge is 0.383 e. The smallest absolute Gasteiger partial charge is 0.254 e. The zero-order valence-corrected chi connectivity index (χ0v) is 11.2. The number of nitrogen functional groups attached to an aromatic ring is 1. The molecule has 3 aromatic rings. The maximum atomic E-state index is 5.95. The molecule has 0 bridgehead atoms. The first-order valence-corrected chi connectivity index (χ1v) is 6.11. The molecule has 3 rings (SSSR count). The third kappa shape index (κ3) is 1.72. The monoisotopic (exact) mass is 324 g/mol. The van der Waals surface area contributed by atoms with Gasteiger partial charge in [0.2, 0.25) is 0 Å². The molecule has 0 amide bonds. The van der Waals surface area contributed by atoms with Crippen molar-refractivity contribution < 1.29 is 0 Å². The highest BCUT2D eigenvalue weighted by molar-refractivity contribution is 9.10. The van der Waals surface area contributed by atoms with Gasteiger partial charge < -0.3 is 5.73 Å². The van der Waals surface area contributed by atoms with Crippen LogP contribution in [-0.2, 0) is 0 Å². The van der Waals surface area contributed by atoms with Gasteiger partial charge in [0, 0.05) is 6.20 Å². The predicted molar refractivity (Wildman–Crippen MR) is 71.6 cm³/mol. The van der Waals surface area contributed by atoms with E-state index in [1.54, 1.807) is 12.4 Å². The van der Waals surface area contributed by atoms with E-state index in [0.717, 1.165) is 11.0 Å². The molecule has 2 N–H and O–H groups in total. The van der Waals surface area contributed by atoms with Crippen LogP contribution < -0.4 is 5.73 Å². The second-order valence-electron chi connectivity index (χ2n) is 3.48. The summed E-state index contributed by atoms with van der Waals surface area (Å²) in [6, 6.07) is 3.68. The van der Waals surface area contributed by atoms with E-state index in [2.05, 4.69) is 36.0 Å². The maximum Gasteiger partial charge on any atom is 0.254 e. The molecule has 0 aliphatic heterocycles. The third-order valence-electron chi connectivity index (χ3n) is 2.35. The Balaban J connectivity index is 2.26. The lowest BCUT2D eigenvalue weighted by atomic mass is 10.4. The van der Waals surface area contributed by atoms with Crippen LogP contribution in [0.15, 0.2) is 29.0 Å². The Hall–Kier alpha value is -1.73. The number of hydrogen-bond acceptors (Lipinski definition) is 5. The van der Waals surface area contributed by atoms with Crippen LogP contribution in [0.3, 0.4) is 0 Å². The first-order chi connectivity index (χ1) is 8.66. The first-order valence-electron chi connectivity index (χ1n) is 4.94. The topological polar surface area (TPSA) is 82.5 Å². The molecule has 0 unspecified atom stereocenters. The zero-order valence-electron chi connectivity index (χ0n) is 8.88. The Bertz CT molecular complexity index is 717. The van der Waals surface area contributed by atoms with Crippen molar-refractivity contribution >= 4 is 44.4 Å². The quantitative estimate of drug-likeness (QED) is 0.694. The van der Waals surface area contributed by atoms with E-state index in [9.17, 15) is 0 Å². The van der Waals surface area contributed by atoms with Crippen LogP contribution in [0.2, 0.25) is 5.15 Å².